The van der Waals surface area contributed by atoms with Gasteiger partial charge in [-0.1, -0.05) is 0 Å². The van der Waals surface area contributed by atoms with Crippen molar-refractivity contribution in [2.75, 3.05) is 14.2 Å². The zero-order valence-electron chi connectivity index (χ0n) is 10.6. The molecule has 94 valence electrons. The lowest BCUT2D eigenvalue weighted by atomic mass is 10.1. The quantitative estimate of drug-likeness (QED) is 0.665. The van der Waals surface area contributed by atoms with E-state index in [1.807, 2.05) is 18.2 Å². The Bertz CT molecular complexity index is 604. The molecule has 0 radical (unpaired) electrons. The number of rotatable bonds is 3. The average Bonchev–Trinajstić information content (AvgIpc) is 2.36. The van der Waals surface area contributed by atoms with E-state index in [2.05, 4.69) is 9.98 Å². The van der Waals surface area contributed by atoms with Gasteiger partial charge in [0.25, 0.3) is 0 Å². The van der Waals surface area contributed by atoms with E-state index in [1.54, 1.807) is 27.3 Å². The highest BCUT2D eigenvalue weighted by molar-refractivity contribution is 5.88. The van der Waals surface area contributed by atoms with Crippen LogP contribution in [0.1, 0.15) is 6.92 Å². The molecule has 0 aliphatic carbocycles. The molecule has 1 heterocycles. The summed E-state index contributed by atoms with van der Waals surface area (Å²) in [7, 11) is 3.21. The van der Waals surface area contributed by atoms with Gasteiger partial charge in [0, 0.05) is 11.6 Å². The number of nitrogens with two attached hydrogens (primary N) is 1. The van der Waals surface area contributed by atoms with Gasteiger partial charge in [0.05, 0.1) is 20.1 Å². The van der Waals surface area contributed by atoms with Gasteiger partial charge >= 0.3 is 0 Å². The number of hydrogen-bond acceptors (Lipinski definition) is 4. The van der Waals surface area contributed by atoms with Gasteiger partial charge in [0.15, 0.2) is 17.3 Å². The lowest BCUT2D eigenvalue weighted by molar-refractivity contribution is 0.356. The normalized spacial score (nSPS) is 11.6. The molecule has 0 bridgehead atoms. The van der Waals surface area contributed by atoms with E-state index in [4.69, 9.17) is 15.2 Å². The Kier molecular flexibility index (Phi) is 3.32. The Hall–Kier alpha value is -2.30. The molecule has 0 atom stereocenters. The third kappa shape index (κ3) is 2.34. The number of amidine groups is 1. The predicted molar refractivity (Wildman–Crippen MR) is 71.8 cm³/mol. The number of aliphatic imine (C=N–C) groups is 1. The first-order valence-electron chi connectivity index (χ1n) is 5.46. The Morgan fingerprint density at radius 3 is 2.28 bits per heavy atom. The van der Waals surface area contributed by atoms with Crippen molar-refractivity contribution in [2.45, 2.75) is 6.92 Å². The lowest BCUT2D eigenvalue weighted by Gasteiger charge is -2.09. The van der Waals surface area contributed by atoms with E-state index in [1.165, 1.54) is 0 Å². The van der Waals surface area contributed by atoms with Gasteiger partial charge in [-0.2, -0.15) is 0 Å². The summed E-state index contributed by atoms with van der Waals surface area (Å²) in [6.45, 7) is 1.72. The second-order valence-electron chi connectivity index (χ2n) is 3.85. The molecule has 0 amide bonds. The molecule has 2 rings (SSSR count). The van der Waals surface area contributed by atoms with Crippen LogP contribution in [0.3, 0.4) is 0 Å². The molecule has 0 spiro atoms. The minimum absolute atomic E-state index is 0.474. The maximum absolute atomic E-state index is 5.54. The van der Waals surface area contributed by atoms with E-state index in [0.717, 1.165) is 10.8 Å². The van der Waals surface area contributed by atoms with Crippen molar-refractivity contribution in [2.24, 2.45) is 10.7 Å². The number of fused-ring (bicyclic) bond motifs is 1. The molecular formula is C13H15N3O2. The molecule has 2 aromatic rings. The van der Waals surface area contributed by atoms with Gasteiger partial charge in [0.2, 0.25) is 0 Å². The van der Waals surface area contributed by atoms with Crippen LogP contribution in [0.2, 0.25) is 0 Å². The first kappa shape index (κ1) is 12.2. The number of ether oxygens (including phenoxy) is 2. The minimum Gasteiger partial charge on any atom is -0.493 e. The van der Waals surface area contributed by atoms with Crippen molar-refractivity contribution in [3.8, 4) is 11.5 Å². The van der Waals surface area contributed by atoms with Crippen LogP contribution in [0.25, 0.3) is 10.8 Å². The van der Waals surface area contributed by atoms with E-state index < -0.39 is 0 Å². The number of aromatic nitrogens is 1. The highest BCUT2D eigenvalue weighted by Gasteiger charge is 2.06. The molecule has 5 nitrogen and oxygen atoms in total. The Balaban J connectivity index is 2.59. The highest BCUT2D eigenvalue weighted by atomic mass is 16.5. The van der Waals surface area contributed by atoms with Gasteiger partial charge in [0.1, 0.15) is 0 Å². The van der Waals surface area contributed by atoms with Crippen molar-refractivity contribution < 1.29 is 9.47 Å². The molecule has 0 fully saturated rings. The smallest absolute Gasteiger partial charge is 0.161 e. The van der Waals surface area contributed by atoms with Gasteiger partial charge in [-0.05, 0) is 30.5 Å². The van der Waals surface area contributed by atoms with E-state index in [9.17, 15) is 0 Å². The largest absolute Gasteiger partial charge is 0.493 e. The Morgan fingerprint density at radius 1 is 1.11 bits per heavy atom. The predicted octanol–water partition coefficient (Wildman–Crippen LogP) is 2.26. The summed E-state index contributed by atoms with van der Waals surface area (Å²) < 4.78 is 10.5. The molecule has 1 aromatic carbocycles. The fourth-order valence-electron chi connectivity index (χ4n) is 1.70. The van der Waals surface area contributed by atoms with Crippen LogP contribution in [0, 0.1) is 0 Å². The summed E-state index contributed by atoms with van der Waals surface area (Å²) in [6.07, 6.45) is 1.74. The summed E-state index contributed by atoms with van der Waals surface area (Å²) in [5, 5.41) is 1.93. The number of hydrogen-bond donors (Lipinski definition) is 1. The third-order valence-electron chi connectivity index (χ3n) is 2.50. The topological polar surface area (TPSA) is 69.7 Å². The van der Waals surface area contributed by atoms with Crippen molar-refractivity contribution in [3.63, 3.8) is 0 Å². The number of pyridine rings is 1. The van der Waals surface area contributed by atoms with Crippen LogP contribution in [0.5, 0.6) is 11.5 Å². The van der Waals surface area contributed by atoms with Gasteiger partial charge in [-0.25, -0.2) is 9.98 Å². The zero-order valence-corrected chi connectivity index (χ0v) is 10.6. The lowest BCUT2D eigenvalue weighted by Crippen LogP contribution is -2.04. The maximum atomic E-state index is 5.54. The molecule has 0 saturated heterocycles. The van der Waals surface area contributed by atoms with E-state index in [0.29, 0.717) is 23.2 Å². The van der Waals surface area contributed by atoms with Crippen molar-refractivity contribution >= 4 is 22.4 Å². The summed E-state index contributed by atoms with van der Waals surface area (Å²) in [5.41, 5.74) is 5.54. The number of methoxy groups -OCH3 is 2. The maximum Gasteiger partial charge on any atom is 0.161 e. The standard InChI is InChI=1S/C13H15N3O2/c1-8(14)16-13-6-9-4-11(17-2)12(18-3)5-10(9)7-15-13/h4-7H,1-3H3,(H2,14,15,16). The van der Waals surface area contributed by atoms with Crippen LogP contribution in [0.4, 0.5) is 5.82 Å². The average molecular weight is 245 g/mol. The van der Waals surface area contributed by atoms with Gasteiger partial charge < -0.3 is 15.2 Å². The van der Waals surface area contributed by atoms with Gasteiger partial charge in [-0.15, -0.1) is 0 Å². The third-order valence-corrected chi connectivity index (χ3v) is 2.50. The monoisotopic (exact) mass is 245 g/mol. The minimum atomic E-state index is 0.474. The van der Waals surface area contributed by atoms with Crippen LogP contribution in [-0.4, -0.2) is 25.0 Å². The molecule has 0 aliphatic rings. The summed E-state index contributed by atoms with van der Waals surface area (Å²) in [5.74, 6) is 2.41. The first-order valence-corrected chi connectivity index (χ1v) is 5.46. The van der Waals surface area contributed by atoms with E-state index >= 15 is 0 Å². The number of nitrogens with zero attached hydrogens (tertiary/aromatic N) is 2. The summed E-state index contributed by atoms with van der Waals surface area (Å²) >= 11 is 0. The highest BCUT2D eigenvalue weighted by Crippen LogP contribution is 2.32. The van der Waals surface area contributed by atoms with Crippen molar-refractivity contribution in [1.29, 1.82) is 0 Å². The van der Waals surface area contributed by atoms with Gasteiger partial charge in [-0.3, -0.25) is 0 Å². The molecule has 2 N–H and O–H groups in total. The second-order valence-corrected chi connectivity index (χ2v) is 3.85. The van der Waals surface area contributed by atoms with Crippen LogP contribution in [-0.2, 0) is 0 Å². The van der Waals surface area contributed by atoms with Crippen LogP contribution < -0.4 is 15.2 Å². The summed E-state index contributed by atoms with van der Waals surface area (Å²) in [6, 6.07) is 5.62. The molecular weight excluding hydrogens is 230 g/mol. The zero-order chi connectivity index (χ0) is 13.1. The molecule has 1 aromatic heterocycles. The first-order chi connectivity index (χ1) is 8.63. The summed E-state index contributed by atoms with van der Waals surface area (Å²) in [4.78, 5) is 8.33. The SMILES string of the molecule is COc1cc2cnc(/N=C(/C)N)cc2cc1OC. The fourth-order valence-corrected chi connectivity index (χ4v) is 1.70. The van der Waals surface area contributed by atoms with Crippen LogP contribution >= 0.6 is 0 Å². The molecule has 18 heavy (non-hydrogen) atoms. The molecule has 0 saturated carbocycles. The van der Waals surface area contributed by atoms with Crippen molar-refractivity contribution in [3.05, 3.63) is 24.4 Å². The second kappa shape index (κ2) is 4.91. The molecule has 0 aliphatic heterocycles. The Morgan fingerprint density at radius 2 is 1.72 bits per heavy atom. The fraction of sp³-hybridized carbons (Fsp3) is 0.231. The van der Waals surface area contributed by atoms with Crippen molar-refractivity contribution in [1.82, 2.24) is 4.98 Å². The Labute approximate surface area is 105 Å². The number of benzene rings is 1. The molecule has 0 unspecified atom stereocenters. The molecule has 5 heteroatoms. The van der Waals surface area contributed by atoms with Crippen LogP contribution in [0.15, 0.2) is 29.4 Å². The van der Waals surface area contributed by atoms with E-state index in [-0.39, 0.29) is 0 Å².